The lowest BCUT2D eigenvalue weighted by Crippen LogP contribution is -2.39. The van der Waals surface area contributed by atoms with Gasteiger partial charge in [0.05, 0.1) is 23.1 Å². The minimum atomic E-state index is -0.473. The summed E-state index contributed by atoms with van der Waals surface area (Å²) in [6.45, 7) is -0.302. The molecule has 2 aliphatic carbocycles. The Morgan fingerprint density at radius 1 is 1.17 bits per heavy atom. The fourth-order valence-electron chi connectivity index (χ4n) is 4.14. The topological polar surface area (TPSA) is 90.3 Å². The van der Waals surface area contributed by atoms with Gasteiger partial charge >= 0.3 is 0 Å². The first-order chi connectivity index (χ1) is 11.6. The Labute approximate surface area is 138 Å². The second-order valence-corrected chi connectivity index (χ2v) is 6.47. The van der Waals surface area contributed by atoms with E-state index in [4.69, 9.17) is 5.26 Å². The van der Waals surface area contributed by atoms with E-state index in [1.165, 1.54) is 0 Å². The van der Waals surface area contributed by atoms with Crippen LogP contribution >= 0.6 is 0 Å². The lowest BCUT2D eigenvalue weighted by molar-refractivity contribution is -0.143. The average Bonchev–Trinajstić information content (AvgIpc) is 3.25. The van der Waals surface area contributed by atoms with Gasteiger partial charge in [-0.05, 0) is 30.4 Å². The van der Waals surface area contributed by atoms with Crippen LogP contribution < -0.4 is 5.32 Å². The molecule has 1 aromatic rings. The number of anilines is 1. The first-order valence-corrected chi connectivity index (χ1v) is 7.92. The van der Waals surface area contributed by atoms with Gasteiger partial charge < -0.3 is 5.32 Å². The van der Waals surface area contributed by atoms with Crippen LogP contribution in [0.5, 0.6) is 0 Å². The number of allylic oxidation sites excluding steroid dienone is 2. The first kappa shape index (κ1) is 14.6. The lowest BCUT2D eigenvalue weighted by Gasteiger charge is -2.17. The Kier molecular flexibility index (Phi) is 3.24. The van der Waals surface area contributed by atoms with Crippen molar-refractivity contribution in [1.82, 2.24) is 4.90 Å². The molecule has 3 amide bonds. The number of rotatable bonds is 3. The van der Waals surface area contributed by atoms with Crippen LogP contribution in [0.25, 0.3) is 0 Å². The number of para-hydroxylation sites is 1. The molecule has 4 rings (SSSR count). The van der Waals surface area contributed by atoms with Gasteiger partial charge in [0, 0.05) is 0 Å². The summed E-state index contributed by atoms with van der Waals surface area (Å²) < 4.78 is 0. The molecule has 1 N–H and O–H groups in total. The summed E-state index contributed by atoms with van der Waals surface area (Å²) in [4.78, 5) is 38.4. The van der Waals surface area contributed by atoms with Crippen molar-refractivity contribution < 1.29 is 14.4 Å². The molecule has 4 unspecified atom stereocenters. The van der Waals surface area contributed by atoms with E-state index in [0.29, 0.717) is 11.3 Å². The van der Waals surface area contributed by atoms with Gasteiger partial charge in [0.15, 0.2) is 0 Å². The summed E-state index contributed by atoms with van der Waals surface area (Å²) in [5, 5.41) is 11.7. The van der Waals surface area contributed by atoms with E-state index in [2.05, 4.69) is 5.32 Å². The Morgan fingerprint density at radius 2 is 1.79 bits per heavy atom. The van der Waals surface area contributed by atoms with Crippen LogP contribution in [-0.4, -0.2) is 29.2 Å². The lowest BCUT2D eigenvalue weighted by atomic mass is 9.85. The maximum Gasteiger partial charge on any atom is 0.244 e. The molecule has 3 aliphatic rings. The molecule has 2 fully saturated rings. The molecule has 2 bridgehead atoms. The van der Waals surface area contributed by atoms with E-state index >= 15 is 0 Å². The molecule has 0 aromatic heterocycles. The summed E-state index contributed by atoms with van der Waals surface area (Å²) >= 11 is 0. The SMILES string of the molecule is N#Cc1ccccc1NC(=O)CN1C(=O)C2C3C=CC(C3)C2C1=O. The zero-order chi connectivity index (χ0) is 16.8. The number of likely N-dealkylation sites (tertiary alicyclic amines) is 1. The second kappa shape index (κ2) is 5.31. The fourth-order valence-corrected chi connectivity index (χ4v) is 4.14. The normalized spacial score (nSPS) is 29.7. The van der Waals surface area contributed by atoms with Crippen molar-refractivity contribution >= 4 is 23.4 Å². The quantitative estimate of drug-likeness (QED) is 0.671. The minimum absolute atomic E-state index is 0.129. The molecular formula is C18H15N3O3. The van der Waals surface area contributed by atoms with Crippen molar-refractivity contribution in [3.05, 3.63) is 42.0 Å². The summed E-state index contributed by atoms with van der Waals surface area (Å²) in [7, 11) is 0. The van der Waals surface area contributed by atoms with Crippen molar-refractivity contribution in [2.24, 2.45) is 23.7 Å². The van der Waals surface area contributed by atoms with Gasteiger partial charge in [-0.25, -0.2) is 0 Å². The van der Waals surface area contributed by atoms with Gasteiger partial charge in [0.2, 0.25) is 17.7 Å². The molecule has 0 spiro atoms. The molecule has 1 aliphatic heterocycles. The molecule has 1 heterocycles. The maximum atomic E-state index is 12.5. The van der Waals surface area contributed by atoms with Crippen molar-refractivity contribution in [2.45, 2.75) is 6.42 Å². The number of hydrogen-bond donors (Lipinski definition) is 1. The Balaban J connectivity index is 1.48. The van der Waals surface area contributed by atoms with Crippen LogP contribution in [0.4, 0.5) is 5.69 Å². The number of carbonyl (C=O) groups excluding carboxylic acids is 3. The molecule has 4 atom stereocenters. The smallest absolute Gasteiger partial charge is 0.244 e. The van der Waals surface area contributed by atoms with Gasteiger partial charge in [-0.1, -0.05) is 24.3 Å². The number of fused-ring (bicyclic) bond motifs is 5. The molecule has 0 radical (unpaired) electrons. The molecule has 6 nitrogen and oxygen atoms in total. The van der Waals surface area contributed by atoms with Crippen LogP contribution in [0, 0.1) is 35.0 Å². The summed E-state index contributed by atoms with van der Waals surface area (Å²) in [6, 6.07) is 8.61. The van der Waals surface area contributed by atoms with Crippen LogP contribution in [0.15, 0.2) is 36.4 Å². The van der Waals surface area contributed by atoms with Gasteiger partial charge in [0.25, 0.3) is 0 Å². The number of nitrogens with zero attached hydrogens (tertiary/aromatic N) is 2. The van der Waals surface area contributed by atoms with E-state index < -0.39 is 5.91 Å². The highest BCUT2D eigenvalue weighted by Crippen LogP contribution is 2.52. The zero-order valence-corrected chi connectivity index (χ0v) is 12.8. The number of nitriles is 1. The largest absolute Gasteiger partial charge is 0.323 e. The molecule has 1 saturated heterocycles. The zero-order valence-electron chi connectivity index (χ0n) is 12.8. The number of nitrogens with one attached hydrogen (secondary N) is 1. The van der Waals surface area contributed by atoms with Crippen LogP contribution in [0.2, 0.25) is 0 Å². The molecule has 24 heavy (non-hydrogen) atoms. The standard InChI is InChI=1S/C18H15N3O3/c19-8-12-3-1-2-4-13(12)20-14(22)9-21-17(23)15-10-5-6-11(7-10)16(15)18(21)24/h1-6,10-11,15-16H,7,9H2,(H,20,22). The van der Waals surface area contributed by atoms with E-state index in [1.54, 1.807) is 24.3 Å². The highest BCUT2D eigenvalue weighted by atomic mass is 16.2. The van der Waals surface area contributed by atoms with Crippen LogP contribution in [-0.2, 0) is 14.4 Å². The van der Waals surface area contributed by atoms with E-state index in [1.807, 2.05) is 18.2 Å². The van der Waals surface area contributed by atoms with Crippen LogP contribution in [0.1, 0.15) is 12.0 Å². The number of hydrogen-bond acceptors (Lipinski definition) is 4. The minimum Gasteiger partial charge on any atom is -0.323 e. The third-order valence-corrected chi connectivity index (χ3v) is 5.18. The highest BCUT2D eigenvalue weighted by molar-refractivity contribution is 6.09. The molecular weight excluding hydrogens is 306 g/mol. The van der Waals surface area contributed by atoms with Gasteiger partial charge in [0.1, 0.15) is 12.6 Å². The van der Waals surface area contributed by atoms with Crippen molar-refractivity contribution in [3.8, 4) is 6.07 Å². The number of benzene rings is 1. The number of imide groups is 1. The van der Waals surface area contributed by atoms with Gasteiger partial charge in [-0.3, -0.25) is 19.3 Å². The Bertz CT molecular complexity index is 793. The Morgan fingerprint density at radius 3 is 2.42 bits per heavy atom. The molecule has 1 saturated carbocycles. The summed E-state index contributed by atoms with van der Waals surface area (Å²) in [5.41, 5.74) is 0.718. The maximum absolute atomic E-state index is 12.5. The number of amides is 3. The average molecular weight is 321 g/mol. The fraction of sp³-hybridized carbons (Fsp3) is 0.333. The summed E-state index contributed by atoms with van der Waals surface area (Å²) in [5.74, 6) is -1.30. The second-order valence-electron chi connectivity index (χ2n) is 6.47. The van der Waals surface area contributed by atoms with Crippen LogP contribution in [0.3, 0.4) is 0 Å². The predicted molar refractivity (Wildman–Crippen MR) is 84.2 cm³/mol. The van der Waals surface area contributed by atoms with E-state index in [-0.39, 0.29) is 42.0 Å². The van der Waals surface area contributed by atoms with Crippen molar-refractivity contribution in [2.75, 3.05) is 11.9 Å². The molecule has 120 valence electrons. The van der Waals surface area contributed by atoms with E-state index in [0.717, 1.165) is 11.3 Å². The summed E-state index contributed by atoms with van der Waals surface area (Å²) in [6.07, 6.45) is 4.90. The Hall–Kier alpha value is -2.94. The third kappa shape index (κ3) is 2.05. The van der Waals surface area contributed by atoms with E-state index in [9.17, 15) is 14.4 Å². The van der Waals surface area contributed by atoms with Crippen molar-refractivity contribution in [1.29, 1.82) is 5.26 Å². The third-order valence-electron chi connectivity index (χ3n) is 5.18. The molecule has 1 aromatic carbocycles. The highest BCUT2D eigenvalue weighted by Gasteiger charge is 2.59. The predicted octanol–water partition coefficient (Wildman–Crippen LogP) is 1.30. The van der Waals surface area contributed by atoms with Gasteiger partial charge in [-0.15, -0.1) is 0 Å². The number of carbonyl (C=O) groups is 3. The monoisotopic (exact) mass is 321 g/mol. The van der Waals surface area contributed by atoms with Gasteiger partial charge in [-0.2, -0.15) is 5.26 Å². The molecule has 6 heteroatoms. The van der Waals surface area contributed by atoms with Crippen molar-refractivity contribution in [3.63, 3.8) is 0 Å². The first-order valence-electron chi connectivity index (χ1n) is 7.92.